The van der Waals surface area contributed by atoms with Crippen molar-refractivity contribution in [2.45, 2.75) is 39.3 Å². The van der Waals surface area contributed by atoms with Crippen LogP contribution in [0.25, 0.3) is 0 Å². The van der Waals surface area contributed by atoms with E-state index < -0.39 is 0 Å². The number of rotatable bonds is 5. The zero-order valence-corrected chi connectivity index (χ0v) is 11.3. The molecule has 16 heavy (non-hydrogen) atoms. The van der Waals surface area contributed by atoms with Crippen LogP contribution in [-0.2, 0) is 0 Å². The molecule has 4 heteroatoms. The van der Waals surface area contributed by atoms with Crippen molar-refractivity contribution in [1.29, 1.82) is 0 Å². The van der Waals surface area contributed by atoms with Crippen molar-refractivity contribution in [3.8, 4) is 0 Å². The third kappa shape index (κ3) is 2.98. The number of nitrogens with zero attached hydrogens (tertiary/aromatic N) is 3. The predicted octanol–water partition coefficient (Wildman–Crippen LogP) is 2.22. The Balaban J connectivity index is 2.64. The molecule has 0 radical (unpaired) electrons. The highest BCUT2D eigenvalue weighted by atomic mass is 15.2. The van der Waals surface area contributed by atoms with Gasteiger partial charge in [0.2, 0.25) is 5.95 Å². The number of hydrogen-bond acceptors (Lipinski definition) is 3. The van der Waals surface area contributed by atoms with Gasteiger partial charge in [-0.25, -0.2) is 4.98 Å². The summed E-state index contributed by atoms with van der Waals surface area (Å²) < 4.78 is 2.14. The SMILES string of the molecule is CC(C)n1ccnc1NCC(C)(C)N(C)C. The molecule has 1 aromatic heterocycles. The molecule has 1 aromatic rings. The van der Waals surface area contributed by atoms with E-state index in [0.29, 0.717) is 6.04 Å². The van der Waals surface area contributed by atoms with Crippen molar-refractivity contribution in [3.05, 3.63) is 12.4 Å². The maximum absolute atomic E-state index is 4.33. The van der Waals surface area contributed by atoms with Crippen LogP contribution in [0.5, 0.6) is 0 Å². The Kier molecular flexibility index (Phi) is 3.97. The van der Waals surface area contributed by atoms with Gasteiger partial charge in [-0.05, 0) is 41.8 Å². The maximum atomic E-state index is 4.33. The van der Waals surface area contributed by atoms with Gasteiger partial charge in [0.1, 0.15) is 0 Å². The molecule has 1 heterocycles. The Bertz CT molecular complexity index is 326. The second-order valence-corrected chi connectivity index (χ2v) is 5.31. The fourth-order valence-electron chi connectivity index (χ4n) is 1.32. The van der Waals surface area contributed by atoms with Crippen LogP contribution in [0.1, 0.15) is 33.7 Å². The minimum absolute atomic E-state index is 0.119. The quantitative estimate of drug-likeness (QED) is 0.832. The highest BCUT2D eigenvalue weighted by molar-refractivity contribution is 5.27. The Morgan fingerprint density at radius 2 is 2.06 bits per heavy atom. The first-order chi connectivity index (χ1) is 7.34. The molecule has 0 saturated carbocycles. The number of nitrogens with one attached hydrogen (secondary N) is 1. The van der Waals surface area contributed by atoms with Gasteiger partial charge in [-0.15, -0.1) is 0 Å². The largest absolute Gasteiger partial charge is 0.354 e. The fourth-order valence-corrected chi connectivity index (χ4v) is 1.32. The molecule has 0 amide bonds. The molecule has 1 N–H and O–H groups in total. The van der Waals surface area contributed by atoms with Gasteiger partial charge in [0.25, 0.3) is 0 Å². The Morgan fingerprint density at radius 3 is 2.56 bits per heavy atom. The number of likely N-dealkylation sites (N-methyl/N-ethyl adjacent to an activating group) is 1. The van der Waals surface area contributed by atoms with Gasteiger partial charge < -0.3 is 14.8 Å². The molecule has 0 spiro atoms. The molecule has 0 atom stereocenters. The van der Waals surface area contributed by atoms with Crippen LogP contribution in [-0.4, -0.2) is 40.6 Å². The summed E-state index contributed by atoms with van der Waals surface area (Å²) in [6, 6.07) is 0.437. The van der Waals surface area contributed by atoms with E-state index >= 15 is 0 Å². The first kappa shape index (κ1) is 13.0. The van der Waals surface area contributed by atoms with E-state index in [9.17, 15) is 0 Å². The van der Waals surface area contributed by atoms with E-state index in [-0.39, 0.29) is 5.54 Å². The van der Waals surface area contributed by atoms with E-state index in [1.165, 1.54) is 0 Å². The molecule has 0 bridgehead atoms. The molecule has 4 nitrogen and oxygen atoms in total. The van der Waals surface area contributed by atoms with Crippen molar-refractivity contribution < 1.29 is 0 Å². The van der Waals surface area contributed by atoms with Crippen molar-refractivity contribution in [2.75, 3.05) is 26.0 Å². The molecule has 0 fully saturated rings. The van der Waals surface area contributed by atoms with E-state index in [4.69, 9.17) is 0 Å². The zero-order valence-electron chi connectivity index (χ0n) is 11.3. The lowest BCUT2D eigenvalue weighted by atomic mass is 10.1. The molecule has 0 aromatic carbocycles. The first-order valence-corrected chi connectivity index (χ1v) is 5.78. The number of aromatic nitrogens is 2. The van der Waals surface area contributed by atoms with Crippen LogP contribution in [0, 0.1) is 0 Å². The standard InChI is InChI=1S/C12H24N4/c1-10(2)16-8-7-13-11(16)14-9-12(3,4)15(5)6/h7-8,10H,9H2,1-6H3,(H,13,14). The summed E-state index contributed by atoms with van der Waals surface area (Å²) in [5.41, 5.74) is 0.119. The van der Waals surface area contributed by atoms with Crippen LogP contribution < -0.4 is 5.32 Å². The average Bonchev–Trinajstić information content (AvgIpc) is 2.62. The first-order valence-electron chi connectivity index (χ1n) is 5.78. The third-order valence-corrected chi connectivity index (χ3v) is 3.11. The number of anilines is 1. The normalized spacial score (nSPS) is 12.5. The summed E-state index contributed by atoms with van der Waals surface area (Å²) in [7, 11) is 4.19. The van der Waals surface area contributed by atoms with Gasteiger partial charge in [-0.2, -0.15) is 0 Å². The lowest BCUT2D eigenvalue weighted by Crippen LogP contribution is -2.44. The van der Waals surface area contributed by atoms with Crippen LogP contribution in [0.2, 0.25) is 0 Å². The summed E-state index contributed by atoms with van der Waals surface area (Å²) in [4.78, 5) is 6.54. The van der Waals surface area contributed by atoms with E-state index in [1.54, 1.807) is 0 Å². The topological polar surface area (TPSA) is 33.1 Å². The monoisotopic (exact) mass is 224 g/mol. The molecule has 92 valence electrons. The van der Waals surface area contributed by atoms with Crippen LogP contribution >= 0.6 is 0 Å². The van der Waals surface area contributed by atoms with E-state index in [0.717, 1.165) is 12.5 Å². The second kappa shape index (κ2) is 4.87. The van der Waals surface area contributed by atoms with Gasteiger partial charge in [0.15, 0.2) is 0 Å². The van der Waals surface area contributed by atoms with Crippen molar-refractivity contribution in [2.24, 2.45) is 0 Å². The lowest BCUT2D eigenvalue weighted by Gasteiger charge is -2.33. The summed E-state index contributed by atoms with van der Waals surface area (Å²) in [5.74, 6) is 0.949. The van der Waals surface area contributed by atoms with Crippen LogP contribution in [0.15, 0.2) is 12.4 Å². The van der Waals surface area contributed by atoms with Gasteiger partial charge in [0.05, 0.1) is 0 Å². The molecule has 0 unspecified atom stereocenters. The van der Waals surface area contributed by atoms with Crippen LogP contribution in [0.3, 0.4) is 0 Å². The molecule has 1 rings (SSSR count). The minimum atomic E-state index is 0.119. The highest BCUT2D eigenvalue weighted by Crippen LogP contribution is 2.15. The molecular formula is C12H24N4. The van der Waals surface area contributed by atoms with E-state index in [1.807, 2.05) is 12.4 Å². The van der Waals surface area contributed by atoms with Crippen molar-refractivity contribution in [3.63, 3.8) is 0 Å². The molecular weight excluding hydrogens is 200 g/mol. The number of hydrogen-bond donors (Lipinski definition) is 1. The summed E-state index contributed by atoms with van der Waals surface area (Å²) in [6.45, 7) is 9.61. The molecule has 0 aliphatic heterocycles. The van der Waals surface area contributed by atoms with Crippen LogP contribution in [0.4, 0.5) is 5.95 Å². The summed E-state index contributed by atoms with van der Waals surface area (Å²) >= 11 is 0. The second-order valence-electron chi connectivity index (χ2n) is 5.31. The number of imidazole rings is 1. The molecule has 0 saturated heterocycles. The maximum Gasteiger partial charge on any atom is 0.203 e. The Labute approximate surface area is 98.7 Å². The highest BCUT2D eigenvalue weighted by Gasteiger charge is 2.20. The van der Waals surface area contributed by atoms with Gasteiger partial charge in [0, 0.05) is 30.5 Å². The molecule has 0 aliphatic carbocycles. The van der Waals surface area contributed by atoms with Gasteiger partial charge in [-0.3, -0.25) is 0 Å². The summed E-state index contributed by atoms with van der Waals surface area (Å²) in [6.07, 6.45) is 3.85. The third-order valence-electron chi connectivity index (χ3n) is 3.11. The fraction of sp³-hybridized carbons (Fsp3) is 0.750. The van der Waals surface area contributed by atoms with Gasteiger partial charge in [-0.1, -0.05) is 0 Å². The van der Waals surface area contributed by atoms with E-state index in [2.05, 4.69) is 61.6 Å². The lowest BCUT2D eigenvalue weighted by molar-refractivity contribution is 0.209. The summed E-state index contributed by atoms with van der Waals surface area (Å²) in [5, 5.41) is 3.41. The minimum Gasteiger partial charge on any atom is -0.354 e. The van der Waals surface area contributed by atoms with Crippen molar-refractivity contribution in [1.82, 2.24) is 14.5 Å². The van der Waals surface area contributed by atoms with Crippen molar-refractivity contribution >= 4 is 5.95 Å². The molecule has 0 aliphatic rings. The zero-order chi connectivity index (χ0) is 12.3. The van der Waals surface area contributed by atoms with Gasteiger partial charge >= 0.3 is 0 Å². The smallest absolute Gasteiger partial charge is 0.203 e. The predicted molar refractivity (Wildman–Crippen MR) is 68.9 cm³/mol. The Hall–Kier alpha value is -1.03. The average molecular weight is 224 g/mol. The Morgan fingerprint density at radius 1 is 1.44 bits per heavy atom.